The molecule has 8 heteroatoms. The van der Waals surface area contributed by atoms with Gasteiger partial charge in [-0.1, -0.05) is 0 Å². The van der Waals surface area contributed by atoms with Crippen molar-refractivity contribution in [2.24, 2.45) is 4.99 Å². The topological polar surface area (TPSA) is 70.4 Å². The van der Waals surface area contributed by atoms with E-state index in [1.807, 2.05) is 30.6 Å². The Balaban J connectivity index is 0.00000280. The summed E-state index contributed by atoms with van der Waals surface area (Å²) in [5.74, 6) is 1.70. The van der Waals surface area contributed by atoms with Gasteiger partial charge >= 0.3 is 0 Å². The van der Waals surface area contributed by atoms with Crippen LogP contribution in [0.15, 0.2) is 41.8 Å². The lowest BCUT2D eigenvalue weighted by Crippen LogP contribution is -2.49. The Morgan fingerprint density at radius 3 is 2.71 bits per heavy atom. The largest absolute Gasteiger partial charge is 0.357 e. The highest BCUT2D eigenvalue weighted by molar-refractivity contribution is 14.0. The molecule has 3 heterocycles. The Kier molecular flexibility index (Phi) is 9.17. The number of nitrogens with zero attached hydrogens (tertiary/aromatic N) is 5. The van der Waals surface area contributed by atoms with E-state index in [9.17, 15) is 0 Å². The molecule has 1 aliphatic heterocycles. The summed E-state index contributed by atoms with van der Waals surface area (Å²) in [4.78, 5) is 11.7. The van der Waals surface area contributed by atoms with E-state index >= 15 is 0 Å². The molecule has 0 atom stereocenters. The molecule has 2 N–H and O–H groups in total. The third-order valence-electron chi connectivity index (χ3n) is 4.91. The first-order valence-corrected chi connectivity index (χ1v) is 9.89. The van der Waals surface area contributed by atoms with Crippen LogP contribution in [0.3, 0.4) is 0 Å². The van der Waals surface area contributed by atoms with Gasteiger partial charge in [0, 0.05) is 50.3 Å². The summed E-state index contributed by atoms with van der Waals surface area (Å²) in [6.45, 7) is 10.4. The molecule has 0 amide bonds. The van der Waals surface area contributed by atoms with Crippen molar-refractivity contribution in [3.05, 3.63) is 42.4 Å². The fourth-order valence-corrected chi connectivity index (χ4v) is 3.33. The van der Waals surface area contributed by atoms with Gasteiger partial charge in [-0.05, 0) is 57.4 Å². The molecule has 3 rings (SSSR count). The number of aliphatic imine (C=N–C) groups is 1. The van der Waals surface area contributed by atoms with Gasteiger partial charge in [0.15, 0.2) is 11.8 Å². The number of aromatic nitrogens is 3. The van der Waals surface area contributed by atoms with Gasteiger partial charge in [0.05, 0.1) is 6.54 Å². The number of nitrogens with one attached hydrogen (secondary N) is 2. The molecule has 0 aliphatic carbocycles. The van der Waals surface area contributed by atoms with Gasteiger partial charge in [-0.25, -0.2) is 14.7 Å². The molecule has 2 aromatic rings. The standard InChI is InChI=1S/C20H31N7.HI/c1-4-21-20(25-18-7-12-26(13-8-18)16(2)3)23-15-17-6-10-22-19(14-17)27-11-5-9-24-27;/h5-6,9-11,14,16,18H,4,7-8,12-13,15H2,1-3H3,(H2,21,23,25);1H. The van der Waals surface area contributed by atoms with Crippen molar-refractivity contribution in [2.75, 3.05) is 19.6 Å². The number of likely N-dealkylation sites (tertiary alicyclic amines) is 1. The maximum absolute atomic E-state index is 4.78. The Hall–Kier alpha value is -1.68. The molecular weight excluding hydrogens is 465 g/mol. The molecule has 1 saturated heterocycles. The molecule has 0 unspecified atom stereocenters. The SMILES string of the molecule is CCNC(=NCc1ccnc(-n2cccn2)c1)NC1CCN(C(C)C)CC1.I. The predicted molar refractivity (Wildman–Crippen MR) is 124 cm³/mol. The smallest absolute Gasteiger partial charge is 0.191 e. The second-order valence-corrected chi connectivity index (χ2v) is 7.22. The Labute approximate surface area is 185 Å². The van der Waals surface area contributed by atoms with Gasteiger partial charge in [0.2, 0.25) is 0 Å². The maximum Gasteiger partial charge on any atom is 0.191 e. The zero-order valence-electron chi connectivity index (χ0n) is 17.0. The van der Waals surface area contributed by atoms with E-state index in [1.54, 1.807) is 10.9 Å². The van der Waals surface area contributed by atoms with E-state index in [0.717, 1.165) is 49.8 Å². The highest BCUT2D eigenvalue weighted by Crippen LogP contribution is 2.13. The van der Waals surface area contributed by atoms with Gasteiger partial charge in [-0.15, -0.1) is 24.0 Å². The van der Waals surface area contributed by atoms with Crippen molar-refractivity contribution in [2.45, 2.75) is 52.2 Å². The maximum atomic E-state index is 4.78. The van der Waals surface area contributed by atoms with Crippen molar-refractivity contribution < 1.29 is 0 Å². The fourth-order valence-electron chi connectivity index (χ4n) is 3.33. The van der Waals surface area contributed by atoms with Crippen LogP contribution in [0.25, 0.3) is 5.82 Å². The lowest BCUT2D eigenvalue weighted by Gasteiger charge is -2.35. The number of rotatable bonds is 6. The molecule has 0 saturated carbocycles. The van der Waals surface area contributed by atoms with E-state index in [2.05, 4.69) is 46.4 Å². The van der Waals surface area contributed by atoms with Crippen molar-refractivity contribution in [3.8, 4) is 5.82 Å². The first kappa shape index (κ1) is 22.6. The lowest BCUT2D eigenvalue weighted by molar-refractivity contribution is 0.167. The molecule has 7 nitrogen and oxygen atoms in total. The Morgan fingerprint density at radius 2 is 2.07 bits per heavy atom. The quantitative estimate of drug-likeness (QED) is 0.365. The number of hydrogen-bond acceptors (Lipinski definition) is 4. The zero-order chi connectivity index (χ0) is 19.1. The molecule has 0 spiro atoms. The second-order valence-electron chi connectivity index (χ2n) is 7.22. The highest BCUT2D eigenvalue weighted by atomic mass is 127. The van der Waals surface area contributed by atoms with E-state index in [4.69, 9.17) is 4.99 Å². The van der Waals surface area contributed by atoms with Gasteiger partial charge < -0.3 is 15.5 Å². The molecule has 1 fully saturated rings. The minimum atomic E-state index is 0. The monoisotopic (exact) mass is 497 g/mol. The van der Waals surface area contributed by atoms with E-state index in [-0.39, 0.29) is 24.0 Å². The molecule has 1 aliphatic rings. The van der Waals surface area contributed by atoms with Crippen LogP contribution in [0.2, 0.25) is 0 Å². The van der Waals surface area contributed by atoms with Gasteiger partial charge in [0.1, 0.15) is 0 Å². The second kappa shape index (κ2) is 11.4. The van der Waals surface area contributed by atoms with Crippen molar-refractivity contribution >= 4 is 29.9 Å². The summed E-state index contributed by atoms with van der Waals surface area (Å²) in [7, 11) is 0. The van der Waals surface area contributed by atoms with E-state index in [0.29, 0.717) is 18.6 Å². The lowest BCUT2D eigenvalue weighted by atomic mass is 10.0. The van der Waals surface area contributed by atoms with Crippen molar-refractivity contribution in [1.82, 2.24) is 30.3 Å². The summed E-state index contributed by atoms with van der Waals surface area (Å²) in [5, 5.41) is 11.2. The number of halogens is 1. The minimum Gasteiger partial charge on any atom is -0.357 e. The van der Waals surface area contributed by atoms with Gasteiger partial charge in [-0.2, -0.15) is 5.10 Å². The van der Waals surface area contributed by atoms with Crippen LogP contribution >= 0.6 is 24.0 Å². The third kappa shape index (κ3) is 6.44. The number of pyridine rings is 1. The zero-order valence-corrected chi connectivity index (χ0v) is 19.3. The summed E-state index contributed by atoms with van der Waals surface area (Å²) in [5.41, 5.74) is 1.11. The Morgan fingerprint density at radius 1 is 1.29 bits per heavy atom. The molecule has 2 aromatic heterocycles. The highest BCUT2D eigenvalue weighted by Gasteiger charge is 2.21. The number of piperidine rings is 1. The normalized spacial score (nSPS) is 16.1. The van der Waals surface area contributed by atoms with E-state index < -0.39 is 0 Å². The molecule has 154 valence electrons. The summed E-state index contributed by atoms with van der Waals surface area (Å²) in [6.07, 6.45) is 7.77. The summed E-state index contributed by atoms with van der Waals surface area (Å²) < 4.78 is 1.76. The van der Waals surface area contributed by atoms with Crippen LogP contribution in [0.1, 0.15) is 39.2 Å². The summed E-state index contributed by atoms with van der Waals surface area (Å²) in [6, 6.07) is 7.03. The van der Waals surface area contributed by atoms with Crippen LogP contribution in [0.5, 0.6) is 0 Å². The van der Waals surface area contributed by atoms with E-state index in [1.165, 1.54) is 0 Å². The predicted octanol–water partition coefficient (Wildman–Crippen LogP) is 2.81. The number of hydrogen-bond donors (Lipinski definition) is 2. The number of guanidine groups is 1. The summed E-state index contributed by atoms with van der Waals surface area (Å²) >= 11 is 0. The molecule has 0 aromatic carbocycles. The van der Waals surface area contributed by atoms with Crippen LogP contribution in [0, 0.1) is 0 Å². The third-order valence-corrected chi connectivity index (χ3v) is 4.91. The Bertz CT molecular complexity index is 722. The van der Waals surface area contributed by atoms with Gasteiger partial charge in [-0.3, -0.25) is 0 Å². The average Bonchev–Trinajstić information content (AvgIpc) is 3.22. The fraction of sp³-hybridized carbons (Fsp3) is 0.550. The first-order chi connectivity index (χ1) is 13.2. The molecule has 28 heavy (non-hydrogen) atoms. The van der Waals surface area contributed by atoms with Crippen LogP contribution in [-0.4, -0.2) is 57.3 Å². The molecule has 0 radical (unpaired) electrons. The molecular formula is C20H32IN7. The average molecular weight is 497 g/mol. The van der Waals surface area contributed by atoms with Crippen molar-refractivity contribution in [1.29, 1.82) is 0 Å². The van der Waals surface area contributed by atoms with Crippen LogP contribution < -0.4 is 10.6 Å². The molecule has 0 bridgehead atoms. The van der Waals surface area contributed by atoms with Gasteiger partial charge in [0.25, 0.3) is 0 Å². The first-order valence-electron chi connectivity index (χ1n) is 9.89. The minimum absolute atomic E-state index is 0. The van der Waals surface area contributed by atoms with Crippen LogP contribution in [0.4, 0.5) is 0 Å². The van der Waals surface area contributed by atoms with Crippen LogP contribution in [-0.2, 0) is 6.54 Å². The van der Waals surface area contributed by atoms with Crippen molar-refractivity contribution in [3.63, 3.8) is 0 Å².